The number of amides is 1. The molecule has 2 bridgehead atoms. The molecule has 3 fully saturated rings. The summed E-state index contributed by atoms with van der Waals surface area (Å²) in [6, 6.07) is 6.40. The van der Waals surface area contributed by atoms with Crippen molar-refractivity contribution >= 4 is 23.1 Å². The van der Waals surface area contributed by atoms with Crippen LogP contribution in [0.3, 0.4) is 0 Å². The smallest absolute Gasteiger partial charge is 0.273 e. The second-order valence-electron chi connectivity index (χ2n) is 8.36. The Bertz CT molecular complexity index is 1050. The van der Waals surface area contributed by atoms with E-state index in [4.69, 9.17) is 0 Å². The lowest BCUT2D eigenvalue weighted by Crippen LogP contribution is -2.60. The summed E-state index contributed by atoms with van der Waals surface area (Å²) >= 11 is 1.54. The maximum absolute atomic E-state index is 13.7. The number of nitrogens with zero attached hydrogens (tertiary/aromatic N) is 4. The highest BCUT2D eigenvalue weighted by Gasteiger charge is 2.44. The van der Waals surface area contributed by atoms with E-state index in [1.165, 1.54) is 6.42 Å². The van der Waals surface area contributed by atoms with Crippen LogP contribution < -0.4 is 5.32 Å². The van der Waals surface area contributed by atoms with Gasteiger partial charge in [-0.05, 0) is 62.3 Å². The molecule has 0 aromatic carbocycles. The fourth-order valence-corrected chi connectivity index (χ4v) is 5.55. The molecule has 1 N–H and O–H groups in total. The van der Waals surface area contributed by atoms with Crippen LogP contribution in [0.15, 0.2) is 42.2 Å². The maximum atomic E-state index is 13.7. The fraction of sp³-hybridized carbons (Fsp3) is 0.391. The number of carbonyl (C=O) groups excluding carboxylic acids is 1. The molecule has 6 nitrogen and oxygen atoms in total. The summed E-state index contributed by atoms with van der Waals surface area (Å²) in [5, 5.41) is 6.38. The molecule has 0 radical (unpaired) electrons. The summed E-state index contributed by atoms with van der Waals surface area (Å²) in [6.45, 7) is 4.86. The van der Waals surface area contributed by atoms with Crippen molar-refractivity contribution in [2.75, 3.05) is 11.9 Å². The standard InChI is InChI=1S/C23H25N5OS/c1-14-3-6-19(26-12-14)27-17-11-16-4-5-18(17)28(13-16)23(29)21-20(15(2)7-8-24-21)22-25-9-10-30-22/h3,6-10,12,16-18H,4-5,11,13H2,1-2H3,(H,26,27). The van der Waals surface area contributed by atoms with Crippen molar-refractivity contribution in [2.24, 2.45) is 5.92 Å². The molecule has 6 rings (SSSR count). The Hall–Kier alpha value is -2.80. The molecule has 1 amide bonds. The van der Waals surface area contributed by atoms with Gasteiger partial charge in [0.25, 0.3) is 5.91 Å². The minimum atomic E-state index is 0.0157. The highest BCUT2D eigenvalue weighted by molar-refractivity contribution is 7.13. The van der Waals surface area contributed by atoms with Gasteiger partial charge < -0.3 is 10.2 Å². The quantitative estimate of drug-likeness (QED) is 0.682. The molecule has 2 saturated heterocycles. The van der Waals surface area contributed by atoms with Crippen LogP contribution in [0, 0.1) is 19.8 Å². The Morgan fingerprint density at radius 2 is 2.03 bits per heavy atom. The lowest BCUT2D eigenvalue weighted by atomic mass is 9.76. The van der Waals surface area contributed by atoms with E-state index in [1.54, 1.807) is 23.7 Å². The molecule has 2 aliphatic heterocycles. The SMILES string of the molecule is Cc1ccc(NC2CC3CCC2N(C(=O)c2nccc(C)c2-c2nccs2)C3)nc1. The molecule has 3 unspecified atom stereocenters. The summed E-state index contributed by atoms with van der Waals surface area (Å²) in [4.78, 5) is 29.2. The van der Waals surface area contributed by atoms with Crippen molar-refractivity contribution in [3.63, 3.8) is 0 Å². The summed E-state index contributed by atoms with van der Waals surface area (Å²) in [6.07, 6.45) is 8.65. The first-order valence-electron chi connectivity index (χ1n) is 10.5. The van der Waals surface area contributed by atoms with E-state index in [2.05, 4.69) is 26.3 Å². The van der Waals surface area contributed by atoms with Gasteiger partial charge in [-0.3, -0.25) is 9.78 Å². The van der Waals surface area contributed by atoms with Crippen LogP contribution in [0.1, 0.15) is 40.9 Å². The Kier molecular flexibility index (Phi) is 4.98. The lowest BCUT2D eigenvalue weighted by molar-refractivity contribution is 0.0277. The number of aryl methyl sites for hydroxylation is 2. The molecule has 1 saturated carbocycles. The number of fused-ring (bicyclic) bond motifs is 3. The van der Waals surface area contributed by atoms with Gasteiger partial charge >= 0.3 is 0 Å². The van der Waals surface area contributed by atoms with Crippen LogP contribution in [0.25, 0.3) is 10.6 Å². The van der Waals surface area contributed by atoms with E-state index < -0.39 is 0 Å². The predicted molar refractivity (Wildman–Crippen MR) is 119 cm³/mol. The van der Waals surface area contributed by atoms with Crippen molar-refractivity contribution < 1.29 is 4.79 Å². The number of aromatic nitrogens is 3. The fourth-order valence-electron chi connectivity index (χ4n) is 4.80. The van der Waals surface area contributed by atoms with Crippen LogP contribution in [0.4, 0.5) is 5.82 Å². The molecule has 3 aromatic heterocycles. The highest BCUT2D eigenvalue weighted by atomic mass is 32.1. The Labute approximate surface area is 180 Å². The molecule has 1 aliphatic carbocycles. The van der Waals surface area contributed by atoms with Gasteiger partial charge in [0.05, 0.1) is 6.04 Å². The van der Waals surface area contributed by atoms with Crippen molar-refractivity contribution in [3.05, 3.63) is 59.0 Å². The Morgan fingerprint density at radius 1 is 1.13 bits per heavy atom. The molecule has 3 aromatic rings. The first-order valence-corrected chi connectivity index (χ1v) is 11.3. The largest absolute Gasteiger partial charge is 0.365 e. The number of rotatable bonds is 4. The average Bonchev–Trinajstić information content (AvgIpc) is 3.29. The molecule has 30 heavy (non-hydrogen) atoms. The molecule has 7 heteroatoms. The maximum Gasteiger partial charge on any atom is 0.273 e. The number of hydrogen-bond acceptors (Lipinski definition) is 6. The molecule has 0 spiro atoms. The van der Waals surface area contributed by atoms with Gasteiger partial charge in [-0.15, -0.1) is 11.3 Å². The van der Waals surface area contributed by atoms with Crippen molar-refractivity contribution in [3.8, 4) is 10.6 Å². The van der Waals surface area contributed by atoms with Crippen LogP contribution >= 0.6 is 11.3 Å². The zero-order chi connectivity index (χ0) is 20.7. The second-order valence-corrected chi connectivity index (χ2v) is 9.26. The zero-order valence-electron chi connectivity index (χ0n) is 17.2. The molecule has 154 valence electrons. The van der Waals surface area contributed by atoms with Gasteiger partial charge in [-0.2, -0.15) is 0 Å². The van der Waals surface area contributed by atoms with Gasteiger partial charge in [0.1, 0.15) is 16.5 Å². The number of piperidine rings is 2. The number of thiazole rings is 1. The van der Waals surface area contributed by atoms with Gasteiger partial charge in [0.15, 0.2) is 0 Å². The molecule has 3 aliphatic rings. The Morgan fingerprint density at radius 3 is 2.77 bits per heavy atom. The molecule has 5 heterocycles. The first kappa shape index (κ1) is 19.2. The van der Waals surface area contributed by atoms with Crippen LogP contribution in [0.2, 0.25) is 0 Å². The summed E-state index contributed by atoms with van der Waals surface area (Å²) in [5.74, 6) is 1.40. The van der Waals surface area contributed by atoms with Crippen LogP contribution in [-0.4, -0.2) is 44.4 Å². The van der Waals surface area contributed by atoms with Crippen molar-refractivity contribution in [1.29, 1.82) is 0 Å². The van der Waals surface area contributed by atoms with Gasteiger partial charge in [-0.1, -0.05) is 6.07 Å². The summed E-state index contributed by atoms with van der Waals surface area (Å²) in [5.41, 5.74) is 3.56. The van der Waals surface area contributed by atoms with Crippen LogP contribution in [0.5, 0.6) is 0 Å². The zero-order valence-corrected chi connectivity index (χ0v) is 18.0. The van der Waals surface area contributed by atoms with E-state index >= 15 is 0 Å². The first-order chi connectivity index (χ1) is 14.6. The minimum absolute atomic E-state index is 0.0157. The summed E-state index contributed by atoms with van der Waals surface area (Å²) < 4.78 is 0. The van der Waals surface area contributed by atoms with E-state index in [9.17, 15) is 4.79 Å². The molecular formula is C23H25N5OS. The average molecular weight is 420 g/mol. The predicted octanol–water partition coefficient (Wildman–Crippen LogP) is 4.32. The third kappa shape index (κ3) is 3.47. The molecule has 3 atom stereocenters. The van der Waals surface area contributed by atoms with Gasteiger partial charge in [-0.25, -0.2) is 9.97 Å². The third-order valence-corrected chi connectivity index (χ3v) is 7.08. The minimum Gasteiger partial charge on any atom is -0.365 e. The number of carbonyl (C=O) groups is 1. The second kappa shape index (κ2) is 7.80. The van der Waals surface area contributed by atoms with Crippen LogP contribution in [-0.2, 0) is 0 Å². The van der Waals surface area contributed by atoms with Gasteiger partial charge in [0, 0.05) is 42.1 Å². The van der Waals surface area contributed by atoms with Crippen molar-refractivity contribution in [2.45, 2.75) is 45.2 Å². The van der Waals surface area contributed by atoms with E-state index in [0.717, 1.165) is 46.9 Å². The number of anilines is 1. The Balaban J connectivity index is 1.44. The highest BCUT2D eigenvalue weighted by Crippen LogP contribution is 2.38. The number of pyridine rings is 2. The van der Waals surface area contributed by atoms with Crippen molar-refractivity contribution in [1.82, 2.24) is 19.9 Å². The van der Waals surface area contributed by atoms with Gasteiger partial charge in [0.2, 0.25) is 0 Å². The normalized spacial score (nSPS) is 22.9. The van der Waals surface area contributed by atoms with E-state index in [0.29, 0.717) is 11.6 Å². The van der Waals surface area contributed by atoms with E-state index in [-0.39, 0.29) is 18.0 Å². The third-order valence-electron chi connectivity index (χ3n) is 6.29. The van der Waals surface area contributed by atoms with E-state index in [1.807, 2.05) is 42.5 Å². The molecular weight excluding hydrogens is 394 g/mol. The summed E-state index contributed by atoms with van der Waals surface area (Å²) in [7, 11) is 0. The topological polar surface area (TPSA) is 71.0 Å². The number of hydrogen-bond donors (Lipinski definition) is 1. The lowest BCUT2D eigenvalue weighted by Gasteiger charge is -2.50. The number of nitrogens with one attached hydrogen (secondary N) is 1. The monoisotopic (exact) mass is 419 g/mol.